The Morgan fingerprint density at radius 3 is 1.10 bits per heavy atom. The van der Waals surface area contributed by atoms with Crippen molar-refractivity contribution in [3.05, 3.63) is 0 Å². The van der Waals surface area contributed by atoms with Crippen molar-refractivity contribution in [1.29, 1.82) is 0 Å². The van der Waals surface area contributed by atoms with Crippen molar-refractivity contribution in [3.8, 4) is 0 Å². The molecule has 0 aromatic heterocycles. The quantitative estimate of drug-likeness (QED) is 0.448. The fraction of sp³-hybridized carbons (Fsp3) is 0. The number of hydrogen-bond acceptors (Lipinski definition) is 7. The fourth-order valence-electron chi connectivity index (χ4n) is 0.122. The van der Waals surface area contributed by atoms with Crippen LogP contribution in [0, 0.1) is 0 Å². The van der Waals surface area contributed by atoms with E-state index < -0.39 is 15.6 Å². The van der Waals surface area contributed by atoms with Crippen LogP contribution in [0.4, 0.5) is 0 Å². The molecule has 0 amide bonds. The Hall–Kier alpha value is 0.792. The number of rotatable bonds is 2. The van der Waals surface area contributed by atoms with Gasteiger partial charge in [-0.3, -0.25) is 0 Å². The van der Waals surface area contributed by atoms with Crippen LogP contribution in [0.5, 0.6) is 0 Å². The van der Waals surface area contributed by atoms with Gasteiger partial charge in [-0.05, 0) is 0 Å². The van der Waals surface area contributed by atoms with Gasteiger partial charge in [-0.1, -0.05) is 0 Å². The van der Waals surface area contributed by atoms with E-state index in [9.17, 15) is 28.7 Å². The zero-order valence-corrected chi connectivity index (χ0v) is 7.22. The molecule has 0 aliphatic carbocycles. The molecule has 0 rings (SSSR count). The second kappa shape index (κ2) is 3.98. The molecule has 0 radical (unpaired) electrons. The van der Waals surface area contributed by atoms with E-state index in [0.717, 1.165) is 0 Å². The Kier molecular flexibility index (Phi) is 5.33. The normalized spacial score (nSPS) is 12.4. The van der Waals surface area contributed by atoms with Gasteiger partial charge in [0.25, 0.3) is 0 Å². The predicted molar refractivity (Wildman–Crippen MR) is 16.3 cm³/mol. The first-order valence-corrected chi connectivity index (χ1v) is 4.38. The van der Waals surface area contributed by atoms with Crippen LogP contribution in [-0.4, -0.2) is 0 Å². The van der Waals surface area contributed by atoms with Gasteiger partial charge in [0.05, 0.1) is 15.6 Å². The van der Waals surface area contributed by atoms with E-state index >= 15 is 0 Å². The van der Waals surface area contributed by atoms with Gasteiger partial charge >= 0.3 is 17.4 Å². The van der Waals surface area contributed by atoms with Crippen molar-refractivity contribution >= 4 is 15.6 Å². The topological polar surface area (TPSA) is 136 Å². The summed E-state index contributed by atoms with van der Waals surface area (Å²) in [6, 6.07) is 0. The summed E-state index contributed by atoms with van der Waals surface area (Å²) in [5, 5.41) is 0. The average molecular weight is 226 g/mol. The SMILES string of the molecule is O=P([O-])([O-])OP(=O)([O-])[O-].[Cr+4]. The van der Waals surface area contributed by atoms with E-state index in [1.54, 1.807) is 0 Å². The van der Waals surface area contributed by atoms with Crippen LogP contribution in [0.15, 0.2) is 0 Å². The summed E-state index contributed by atoms with van der Waals surface area (Å²) in [4.78, 5) is 37.3. The zero-order valence-electron chi connectivity index (χ0n) is 4.16. The predicted octanol–water partition coefficient (Wildman–Crippen LogP) is -3.34. The molecule has 10 heavy (non-hydrogen) atoms. The smallest absolute Gasteiger partial charge is 0.790 e. The first-order valence-electron chi connectivity index (χ1n) is 1.46. The van der Waals surface area contributed by atoms with Crippen molar-refractivity contribution in [2.75, 3.05) is 0 Å². The molecular weight excluding hydrogens is 226 g/mol. The van der Waals surface area contributed by atoms with Crippen LogP contribution in [0.3, 0.4) is 0 Å². The van der Waals surface area contributed by atoms with E-state index in [-0.39, 0.29) is 17.4 Å². The third-order valence-corrected chi connectivity index (χ3v) is 1.80. The summed E-state index contributed by atoms with van der Waals surface area (Å²) in [6.07, 6.45) is 0. The van der Waals surface area contributed by atoms with E-state index in [1.807, 2.05) is 0 Å². The molecule has 0 fully saturated rings. The van der Waals surface area contributed by atoms with Gasteiger partial charge in [0, 0.05) is 0 Å². The largest absolute Gasteiger partial charge is 4.00 e. The molecule has 0 spiro atoms. The number of phosphoric acid groups is 2. The first-order chi connectivity index (χ1) is 3.71. The minimum absolute atomic E-state index is 0. The maximum Gasteiger partial charge on any atom is 4.00 e. The Bertz CT molecular complexity index is 152. The summed E-state index contributed by atoms with van der Waals surface area (Å²) in [7, 11) is -11.4. The summed E-state index contributed by atoms with van der Waals surface area (Å²) >= 11 is 0. The molecule has 0 aliphatic heterocycles. The van der Waals surface area contributed by atoms with Crippen molar-refractivity contribution in [2.45, 2.75) is 0 Å². The van der Waals surface area contributed by atoms with Crippen molar-refractivity contribution in [1.82, 2.24) is 0 Å². The molecule has 58 valence electrons. The Balaban J connectivity index is 0. The maximum absolute atomic E-state index is 9.32. The summed E-state index contributed by atoms with van der Waals surface area (Å²) in [6.45, 7) is 0. The molecule has 0 saturated carbocycles. The third-order valence-electron chi connectivity index (χ3n) is 0.200. The molecule has 0 unspecified atom stereocenters. The fourth-order valence-corrected chi connectivity index (χ4v) is 1.10. The molecule has 7 nitrogen and oxygen atoms in total. The van der Waals surface area contributed by atoms with Crippen molar-refractivity contribution in [2.24, 2.45) is 0 Å². The molecule has 0 heterocycles. The summed E-state index contributed by atoms with van der Waals surface area (Å²) in [5.74, 6) is 0. The molecule has 0 aromatic carbocycles. The van der Waals surface area contributed by atoms with Crippen LogP contribution in [-0.2, 0) is 30.8 Å². The first kappa shape index (κ1) is 13.4. The minimum atomic E-state index is -5.68. The van der Waals surface area contributed by atoms with Gasteiger partial charge in [0.15, 0.2) is 0 Å². The number of hydrogen-bond donors (Lipinski definition) is 0. The van der Waals surface area contributed by atoms with E-state index in [0.29, 0.717) is 0 Å². The van der Waals surface area contributed by atoms with Crippen LogP contribution in [0.2, 0.25) is 0 Å². The Labute approximate surface area is 66.6 Å². The molecule has 10 heteroatoms. The molecule has 0 N–H and O–H groups in total. The van der Waals surface area contributed by atoms with Gasteiger partial charge in [-0.15, -0.1) is 0 Å². The van der Waals surface area contributed by atoms with Gasteiger partial charge in [0.1, 0.15) is 0 Å². The monoisotopic (exact) mass is 226 g/mol. The van der Waals surface area contributed by atoms with Gasteiger partial charge < -0.3 is 33.0 Å². The van der Waals surface area contributed by atoms with Crippen LogP contribution in [0.25, 0.3) is 0 Å². The molecule has 0 saturated heterocycles. The standard InChI is InChI=1S/Cr.H4O7P2/c;1-8(2,3)7-9(4,5)6/h;(H2,1,2,3)(H2,4,5,6)/q+4;/p-4. The van der Waals surface area contributed by atoms with Crippen LogP contribution >= 0.6 is 15.6 Å². The second-order valence-corrected chi connectivity index (χ2v) is 3.42. The van der Waals surface area contributed by atoms with E-state index in [2.05, 4.69) is 4.31 Å². The van der Waals surface area contributed by atoms with Gasteiger partial charge in [-0.25, -0.2) is 0 Å². The second-order valence-electron chi connectivity index (χ2n) is 0.976. The Morgan fingerprint density at radius 1 is 0.900 bits per heavy atom. The van der Waals surface area contributed by atoms with Crippen molar-refractivity contribution in [3.63, 3.8) is 0 Å². The molecule has 0 aromatic rings. The Morgan fingerprint density at radius 2 is 1.10 bits per heavy atom. The van der Waals surface area contributed by atoms with E-state index in [1.165, 1.54) is 0 Å². The van der Waals surface area contributed by atoms with E-state index in [4.69, 9.17) is 0 Å². The molecule has 0 aliphatic rings. The van der Waals surface area contributed by atoms with Crippen molar-refractivity contribution < 1.29 is 50.4 Å². The molecule has 0 bridgehead atoms. The van der Waals surface area contributed by atoms with Gasteiger partial charge in [-0.2, -0.15) is 0 Å². The third kappa shape index (κ3) is 11.6. The van der Waals surface area contributed by atoms with Crippen LogP contribution in [0.1, 0.15) is 0 Å². The maximum atomic E-state index is 9.32. The van der Waals surface area contributed by atoms with Gasteiger partial charge in [0.2, 0.25) is 0 Å². The molecule has 0 atom stereocenters. The average Bonchev–Trinajstić information content (AvgIpc) is 1.14. The summed E-state index contributed by atoms with van der Waals surface area (Å²) < 4.78 is 21.2. The minimum Gasteiger partial charge on any atom is -0.790 e. The molecular formula is CrO7P2. The zero-order chi connectivity index (χ0) is 7.71. The van der Waals surface area contributed by atoms with Crippen LogP contribution < -0.4 is 19.6 Å². The summed E-state index contributed by atoms with van der Waals surface area (Å²) in [5.41, 5.74) is 0.